The first-order chi connectivity index (χ1) is 14.3. The van der Waals surface area contributed by atoms with Gasteiger partial charge in [-0.2, -0.15) is 0 Å². The molecule has 0 aromatic heterocycles. The van der Waals surface area contributed by atoms with Crippen LogP contribution in [-0.2, 0) is 28.8 Å². The van der Waals surface area contributed by atoms with E-state index in [0.29, 0.717) is 6.42 Å². The number of rotatable bonds is 16. The summed E-state index contributed by atoms with van der Waals surface area (Å²) in [5, 5.41) is 8.29. The molecule has 9 heteroatoms. The van der Waals surface area contributed by atoms with Gasteiger partial charge in [0, 0.05) is 25.3 Å². The minimum atomic E-state index is -0.833. The summed E-state index contributed by atoms with van der Waals surface area (Å²) < 4.78 is 0. The van der Waals surface area contributed by atoms with E-state index in [1.54, 1.807) is 0 Å². The van der Waals surface area contributed by atoms with Crippen molar-refractivity contribution in [2.24, 2.45) is 0 Å². The van der Waals surface area contributed by atoms with Crippen LogP contribution >= 0.6 is 0 Å². The van der Waals surface area contributed by atoms with E-state index in [4.69, 9.17) is 0 Å². The van der Waals surface area contributed by atoms with E-state index in [9.17, 15) is 28.8 Å². The van der Waals surface area contributed by atoms with Gasteiger partial charge in [0.25, 0.3) is 0 Å². The summed E-state index contributed by atoms with van der Waals surface area (Å²) in [6, 6.07) is -1.93. The average Bonchev–Trinajstić information content (AvgIpc) is 2.64. The van der Waals surface area contributed by atoms with Gasteiger partial charge in [-0.3, -0.25) is 24.0 Å². The summed E-state index contributed by atoms with van der Waals surface area (Å²) >= 11 is 0. The molecule has 0 saturated carbocycles. The van der Waals surface area contributed by atoms with Crippen LogP contribution in [-0.4, -0.2) is 59.1 Å². The van der Waals surface area contributed by atoms with Gasteiger partial charge in [0.05, 0.1) is 18.1 Å². The molecule has 0 rings (SSSR count). The molecule has 9 nitrogen and oxygen atoms in total. The maximum atomic E-state index is 12.3. The van der Waals surface area contributed by atoms with E-state index in [1.165, 1.54) is 27.7 Å². The van der Waals surface area contributed by atoms with Gasteiger partial charge in [-0.25, -0.2) is 0 Å². The lowest BCUT2D eigenvalue weighted by Gasteiger charge is -2.20. The summed E-state index contributed by atoms with van der Waals surface area (Å²) in [5.74, 6) is -1.48. The first-order valence-corrected chi connectivity index (χ1v) is 10.7. The summed E-state index contributed by atoms with van der Waals surface area (Å²) in [4.78, 5) is 70.8. The van der Waals surface area contributed by atoms with Crippen LogP contribution in [0.2, 0.25) is 0 Å². The van der Waals surface area contributed by atoms with Crippen LogP contribution < -0.4 is 16.0 Å². The van der Waals surface area contributed by atoms with Gasteiger partial charge in [-0.1, -0.05) is 13.8 Å². The monoisotopic (exact) mass is 439 g/mol. The summed E-state index contributed by atoms with van der Waals surface area (Å²) in [6.07, 6.45) is 0.816. The molecule has 3 N–H and O–H groups in total. The van der Waals surface area contributed by atoms with Crippen molar-refractivity contribution in [1.82, 2.24) is 16.0 Å². The molecule has 0 bridgehead atoms. The maximum absolute atomic E-state index is 12.3. The standard InChI is InChI=1S/C22H37N3O6/c1-13(2)23-18(15(4)27)9-11-21(30)25-20(17(6)29)10-12-22(31)24-19(16(5)28)8-7-14(3)26/h13,18-20,23H,7-12H2,1-6H3,(H,24,31)(H,25,30). The second kappa shape index (κ2) is 14.6. The number of ketones is 4. The van der Waals surface area contributed by atoms with Crippen molar-refractivity contribution in [3.05, 3.63) is 0 Å². The third-order valence-electron chi connectivity index (χ3n) is 4.78. The van der Waals surface area contributed by atoms with Crippen molar-refractivity contribution in [2.45, 2.75) is 104 Å². The molecular formula is C22H37N3O6. The van der Waals surface area contributed by atoms with Crippen molar-refractivity contribution in [1.29, 1.82) is 0 Å². The van der Waals surface area contributed by atoms with Crippen molar-refractivity contribution < 1.29 is 28.8 Å². The van der Waals surface area contributed by atoms with E-state index in [0.717, 1.165) is 0 Å². The van der Waals surface area contributed by atoms with Gasteiger partial charge in [-0.05, 0) is 47.0 Å². The number of hydrogen-bond donors (Lipinski definition) is 3. The lowest BCUT2D eigenvalue weighted by Crippen LogP contribution is -2.44. The molecule has 3 atom stereocenters. The highest BCUT2D eigenvalue weighted by Crippen LogP contribution is 2.06. The molecule has 3 unspecified atom stereocenters. The zero-order valence-corrected chi connectivity index (χ0v) is 19.5. The molecule has 0 fully saturated rings. The van der Waals surface area contributed by atoms with Crippen LogP contribution in [0.1, 0.15) is 80.1 Å². The largest absolute Gasteiger partial charge is 0.346 e. The van der Waals surface area contributed by atoms with Crippen LogP contribution in [0.25, 0.3) is 0 Å². The Bertz CT molecular complexity index is 674. The molecule has 0 heterocycles. The van der Waals surface area contributed by atoms with Gasteiger partial charge in [0.2, 0.25) is 11.8 Å². The Labute approximate surface area is 184 Å². The molecule has 0 aromatic carbocycles. The predicted octanol–water partition coefficient (Wildman–Crippen LogP) is 1.02. The van der Waals surface area contributed by atoms with Crippen molar-refractivity contribution >= 4 is 34.9 Å². The van der Waals surface area contributed by atoms with Crippen molar-refractivity contribution in [3.63, 3.8) is 0 Å². The Morgan fingerprint density at radius 3 is 1.26 bits per heavy atom. The van der Waals surface area contributed by atoms with Gasteiger partial charge < -0.3 is 20.7 Å². The highest BCUT2D eigenvalue weighted by atomic mass is 16.2. The van der Waals surface area contributed by atoms with Crippen LogP contribution in [0, 0.1) is 0 Å². The van der Waals surface area contributed by atoms with Crippen LogP contribution in [0.5, 0.6) is 0 Å². The summed E-state index contributed by atoms with van der Waals surface area (Å²) in [6.45, 7) is 9.35. The molecule has 0 aliphatic heterocycles. The minimum absolute atomic E-state index is 0.0562. The van der Waals surface area contributed by atoms with Crippen molar-refractivity contribution in [3.8, 4) is 0 Å². The molecule has 176 valence electrons. The molecular weight excluding hydrogens is 402 g/mol. The second-order valence-electron chi connectivity index (χ2n) is 8.26. The number of carbonyl (C=O) groups is 6. The molecule has 0 radical (unpaired) electrons. The van der Waals surface area contributed by atoms with Gasteiger partial charge in [-0.15, -0.1) is 0 Å². The van der Waals surface area contributed by atoms with E-state index in [1.807, 2.05) is 13.8 Å². The van der Waals surface area contributed by atoms with E-state index >= 15 is 0 Å². The Morgan fingerprint density at radius 2 is 0.935 bits per heavy atom. The number of carbonyl (C=O) groups excluding carboxylic acids is 6. The normalized spacial score (nSPS) is 13.8. The number of Topliss-reactive ketones (excluding diaryl/α,β-unsaturated/α-hetero) is 4. The fraction of sp³-hybridized carbons (Fsp3) is 0.727. The quantitative estimate of drug-likeness (QED) is 0.326. The van der Waals surface area contributed by atoms with E-state index < -0.39 is 24.0 Å². The van der Waals surface area contributed by atoms with Gasteiger partial charge >= 0.3 is 0 Å². The van der Waals surface area contributed by atoms with Crippen LogP contribution in [0.3, 0.4) is 0 Å². The number of nitrogens with one attached hydrogen (secondary N) is 3. The third kappa shape index (κ3) is 13.5. The molecule has 0 aliphatic carbocycles. The van der Waals surface area contributed by atoms with Crippen LogP contribution in [0.4, 0.5) is 0 Å². The molecule has 0 aromatic rings. The Balaban J connectivity index is 4.68. The molecule has 31 heavy (non-hydrogen) atoms. The molecule has 0 saturated heterocycles. The first kappa shape index (κ1) is 28.6. The Hall–Kier alpha value is -2.42. The van der Waals surface area contributed by atoms with Crippen LogP contribution in [0.15, 0.2) is 0 Å². The zero-order chi connectivity index (χ0) is 24.1. The Morgan fingerprint density at radius 1 is 0.581 bits per heavy atom. The number of hydrogen-bond acceptors (Lipinski definition) is 7. The highest BCUT2D eigenvalue weighted by molar-refractivity contribution is 5.90. The van der Waals surface area contributed by atoms with Gasteiger partial charge in [0.15, 0.2) is 11.6 Å². The topological polar surface area (TPSA) is 139 Å². The van der Waals surface area contributed by atoms with E-state index in [-0.39, 0.29) is 67.2 Å². The SMILES string of the molecule is CC(=O)CCC(NC(=O)CCC(NC(=O)CCC(NC(C)C)C(C)=O)C(C)=O)C(C)=O. The first-order valence-electron chi connectivity index (χ1n) is 10.7. The lowest BCUT2D eigenvalue weighted by atomic mass is 10.0. The summed E-state index contributed by atoms with van der Waals surface area (Å²) in [5.41, 5.74) is 0. The van der Waals surface area contributed by atoms with Gasteiger partial charge in [0.1, 0.15) is 11.6 Å². The fourth-order valence-corrected chi connectivity index (χ4v) is 2.99. The zero-order valence-electron chi connectivity index (χ0n) is 19.5. The fourth-order valence-electron chi connectivity index (χ4n) is 2.99. The second-order valence-corrected chi connectivity index (χ2v) is 8.26. The highest BCUT2D eigenvalue weighted by Gasteiger charge is 2.22. The Kier molecular flexibility index (Phi) is 13.4. The maximum Gasteiger partial charge on any atom is 0.220 e. The number of amides is 2. The lowest BCUT2D eigenvalue weighted by molar-refractivity contribution is -0.129. The minimum Gasteiger partial charge on any atom is -0.346 e. The van der Waals surface area contributed by atoms with Crippen molar-refractivity contribution in [2.75, 3.05) is 0 Å². The molecule has 0 aliphatic rings. The summed E-state index contributed by atoms with van der Waals surface area (Å²) in [7, 11) is 0. The van der Waals surface area contributed by atoms with E-state index in [2.05, 4.69) is 16.0 Å². The predicted molar refractivity (Wildman–Crippen MR) is 116 cm³/mol. The third-order valence-corrected chi connectivity index (χ3v) is 4.78. The smallest absolute Gasteiger partial charge is 0.220 e. The average molecular weight is 440 g/mol. The molecule has 2 amide bonds. The molecule has 0 spiro atoms.